The van der Waals surface area contributed by atoms with E-state index in [0.29, 0.717) is 53.5 Å². The zero-order valence-corrected chi connectivity index (χ0v) is 28.1. The molecule has 10 nitrogen and oxygen atoms in total. The van der Waals surface area contributed by atoms with Gasteiger partial charge in [-0.25, -0.2) is 14.4 Å². The largest absolute Gasteiger partial charge is 0.477 e. The molecule has 0 aliphatic carbocycles. The standard InChI is InChI=1S/C29H31ClFN7O3.2C2H6/c1-5-19-16-20(6-7-21(19)29(39)34-12-15-40-18-38(2,3)4)36-27-28-35-17-23(37(28)13-11-33-27)22-8-9-24(41-14-10-32)25(30)26(22)31;2*1-2/h6-9,11,13,16-17H,5,12,14-15,18H2,1-4H3,(H-,33,34,36,39);2*1-2H3/p+1. The Labute approximate surface area is 270 Å². The lowest BCUT2D eigenvalue weighted by molar-refractivity contribution is -0.890. The maximum Gasteiger partial charge on any atom is 0.251 e. The molecule has 0 radical (unpaired) electrons. The number of anilines is 2. The van der Waals surface area contributed by atoms with Crippen LogP contribution in [0.2, 0.25) is 5.02 Å². The molecule has 242 valence electrons. The van der Waals surface area contributed by atoms with Crippen LogP contribution in [0.5, 0.6) is 5.75 Å². The van der Waals surface area contributed by atoms with Crippen molar-refractivity contribution in [1.82, 2.24) is 19.7 Å². The topological polar surface area (TPSA) is 114 Å². The molecule has 0 fully saturated rings. The number of benzene rings is 2. The molecule has 4 aromatic rings. The molecule has 0 spiro atoms. The third-order valence-corrected chi connectivity index (χ3v) is 6.40. The van der Waals surface area contributed by atoms with Crippen molar-refractivity contribution >= 4 is 34.7 Å². The zero-order chi connectivity index (χ0) is 33.6. The first-order valence-corrected chi connectivity index (χ1v) is 15.4. The highest BCUT2D eigenvalue weighted by molar-refractivity contribution is 6.32. The number of hydrogen-bond acceptors (Lipinski definition) is 7. The van der Waals surface area contributed by atoms with Crippen LogP contribution in [0, 0.1) is 17.1 Å². The summed E-state index contributed by atoms with van der Waals surface area (Å²) >= 11 is 6.16. The van der Waals surface area contributed by atoms with Gasteiger partial charge in [-0.2, -0.15) is 5.26 Å². The van der Waals surface area contributed by atoms with Crippen molar-refractivity contribution in [3.8, 4) is 23.1 Å². The van der Waals surface area contributed by atoms with Crippen LogP contribution in [0.1, 0.15) is 50.5 Å². The molecule has 4 rings (SSSR count). The van der Waals surface area contributed by atoms with Crippen LogP contribution in [-0.2, 0) is 11.2 Å². The van der Waals surface area contributed by atoms with E-state index in [4.69, 9.17) is 26.3 Å². The summed E-state index contributed by atoms with van der Waals surface area (Å²) in [4.78, 5) is 21.7. The molecule has 0 saturated carbocycles. The molecule has 1 amide bonds. The van der Waals surface area contributed by atoms with E-state index in [9.17, 15) is 4.79 Å². The monoisotopic (exact) mass is 640 g/mol. The van der Waals surface area contributed by atoms with Gasteiger partial charge < -0.3 is 24.6 Å². The molecule has 0 bridgehead atoms. The number of quaternary nitrogens is 1. The molecule has 2 N–H and O–H groups in total. The number of amides is 1. The van der Waals surface area contributed by atoms with Gasteiger partial charge in [0.05, 0.1) is 39.6 Å². The fraction of sp³-hybridized carbons (Fsp3) is 0.394. The fourth-order valence-electron chi connectivity index (χ4n) is 4.15. The summed E-state index contributed by atoms with van der Waals surface area (Å²) in [7, 11) is 6.11. The average Bonchev–Trinajstić information content (AvgIpc) is 3.48. The summed E-state index contributed by atoms with van der Waals surface area (Å²) in [6.45, 7) is 11.1. The Hall–Kier alpha value is -4.24. The quantitative estimate of drug-likeness (QED) is 0.0988. The van der Waals surface area contributed by atoms with Crippen molar-refractivity contribution in [2.45, 2.75) is 41.0 Å². The van der Waals surface area contributed by atoms with Crippen LogP contribution in [-0.4, -0.2) is 72.4 Å². The normalized spacial score (nSPS) is 10.6. The van der Waals surface area contributed by atoms with Gasteiger partial charge in [-0.15, -0.1) is 0 Å². The molecule has 2 heterocycles. The lowest BCUT2D eigenvalue weighted by Gasteiger charge is -2.23. The first-order valence-electron chi connectivity index (χ1n) is 15.0. The zero-order valence-electron chi connectivity index (χ0n) is 27.4. The van der Waals surface area contributed by atoms with Gasteiger partial charge in [0.2, 0.25) is 0 Å². The number of carbonyl (C=O) groups is 1. The van der Waals surface area contributed by atoms with Crippen LogP contribution in [0.15, 0.2) is 48.9 Å². The highest BCUT2D eigenvalue weighted by Gasteiger charge is 2.19. The summed E-state index contributed by atoms with van der Waals surface area (Å²) in [5, 5.41) is 14.7. The summed E-state index contributed by atoms with van der Waals surface area (Å²) in [5.74, 6) is -0.307. The molecule has 2 aromatic heterocycles. The first-order chi connectivity index (χ1) is 21.6. The van der Waals surface area contributed by atoms with Gasteiger partial charge in [0.15, 0.2) is 30.6 Å². The van der Waals surface area contributed by atoms with E-state index in [-0.39, 0.29) is 28.8 Å². The van der Waals surface area contributed by atoms with E-state index in [1.54, 1.807) is 28.9 Å². The van der Waals surface area contributed by atoms with Crippen molar-refractivity contribution < 1.29 is 23.1 Å². The van der Waals surface area contributed by atoms with Gasteiger partial charge in [0, 0.05) is 35.8 Å². The third-order valence-electron chi connectivity index (χ3n) is 6.05. The van der Waals surface area contributed by atoms with Gasteiger partial charge in [-0.1, -0.05) is 46.2 Å². The predicted molar refractivity (Wildman–Crippen MR) is 177 cm³/mol. The van der Waals surface area contributed by atoms with E-state index in [2.05, 4.69) is 20.6 Å². The molecular formula is C33H44ClFN7O3+. The molecule has 0 aliphatic heterocycles. The minimum atomic E-state index is -0.684. The number of hydrogen-bond donors (Lipinski definition) is 2. The van der Waals surface area contributed by atoms with Gasteiger partial charge in [0.25, 0.3) is 5.91 Å². The van der Waals surface area contributed by atoms with E-state index in [1.165, 1.54) is 18.3 Å². The molecule has 0 aliphatic rings. The molecule has 0 atom stereocenters. The smallest absolute Gasteiger partial charge is 0.251 e. The summed E-state index contributed by atoms with van der Waals surface area (Å²) < 4.78 is 28.4. The Morgan fingerprint density at radius 2 is 1.87 bits per heavy atom. The van der Waals surface area contributed by atoms with Crippen LogP contribution in [0.25, 0.3) is 16.9 Å². The minimum absolute atomic E-state index is 0.0874. The van der Waals surface area contributed by atoms with Crippen LogP contribution in [0.3, 0.4) is 0 Å². The Kier molecular flexibility index (Phi) is 14.7. The molecule has 0 saturated heterocycles. The second-order valence-electron chi connectivity index (χ2n) is 10.2. The van der Waals surface area contributed by atoms with Crippen molar-refractivity contribution in [1.29, 1.82) is 5.26 Å². The number of fused-ring (bicyclic) bond motifs is 1. The number of nitrogens with one attached hydrogen (secondary N) is 2. The number of carbonyl (C=O) groups excluding carboxylic acids is 1. The molecule has 45 heavy (non-hydrogen) atoms. The number of ether oxygens (including phenoxy) is 2. The van der Waals surface area contributed by atoms with Gasteiger partial charge in [0.1, 0.15) is 16.8 Å². The van der Waals surface area contributed by atoms with E-state index < -0.39 is 5.82 Å². The maximum absolute atomic E-state index is 15.2. The van der Waals surface area contributed by atoms with Crippen LogP contribution >= 0.6 is 11.6 Å². The van der Waals surface area contributed by atoms with Gasteiger partial charge in [-0.05, 0) is 42.3 Å². The second-order valence-corrected chi connectivity index (χ2v) is 10.6. The van der Waals surface area contributed by atoms with Crippen molar-refractivity contribution in [2.24, 2.45) is 0 Å². The molecule has 12 heteroatoms. The van der Waals surface area contributed by atoms with Gasteiger partial charge >= 0.3 is 0 Å². The summed E-state index contributed by atoms with van der Waals surface area (Å²) in [6, 6.07) is 10.3. The second kappa shape index (κ2) is 17.9. The number of imidazole rings is 1. The summed E-state index contributed by atoms with van der Waals surface area (Å²) in [5.41, 5.74) is 3.33. The third kappa shape index (κ3) is 9.88. The lowest BCUT2D eigenvalue weighted by atomic mass is 10.0. The maximum atomic E-state index is 15.2. The number of rotatable bonds is 12. The highest BCUT2D eigenvalue weighted by atomic mass is 35.5. The number of nitrogens with zero attached hydrogens (tertiary/aromatic N) is 5. The number of aromatic nitrogens is 3. The van der Waals surface area contributed by atoms with Crippen molar-refractivity contribution in [2.75, 3.05) is 52.9 Å². The highest BCUT2D eigenvalue weighted by Crippen LogP contribution is 2.35. The first kappa shape index (κ1) is 36.9. The Morgan fingerprint density at radius 3 is 2.53 bits per heavy atom. The van der Waals surface area contributed by atoms with E-state index in [1.807, 2.05) is 67.9 Å². The number of aryl methyl sites for hydroxylation is 1. The predicted octanol–water partition coefficient (Wildman–Crippen LogP) is 6.86. The van der Waals surface area contributed by atoms with E-state index >= 15 is 4.39 Å². The SMILES string of the molecule is CC.CC.CCc1cc(Nc2nccn3c(-c4ccc(OCC#N)c(Cl)c4F)cnc23)ccc1C(=O)NCCOC[N+](C)(C)C. The van der Waals surface area contributed by atoms with Gasteiger partial charge in [-0.3, -0.25) is 9.20 Å². The fourth-order valence-corrected chi connectivity index (χ4v) is 4.37. The van der Waals surface area contributed by atoms with Crippen LogP contribution in [0.4, 0.5) is 15.9 Å². The minimum Gasteiger partial charge on any atom is -0.477 e. The number of halogens is 2. The van der Waals surface area contributed by atoms with Crippen LogP contribution < -0.4 is 15.4 Å². The molecule has 0 unspecified atom stereocenters. The van der Waals surface area contributed by atoms with E-state index in [0.717, 1.165) is 11.3 Å². The Bertz CT molecular complexity index is 1600. The summed E-state index contributed by atoms with van der Waals surface area (Å²) in [6.07, 6.45) is 5.43. The Balaban J connectivity index is 0.00000169. The average molecular weight is 641 g/mol. The number of nitriles is 1. The Morgan fingerprint density at radius 1 is 1.13 bits per heavy atom. The lowest BCUT2D eigenvalue weighted by Crippen LogP contribution is -2.38. The molecular weight excluding hydrogens is 597 g/mol. The molecule has 2 aromatic carbocycles. The van der Waals surface area contributed by atoms with Crippen molar-refractivity contribution in [3.63, 3.8) is 0 Å². The van der Waals surface area contributed by atoms with Crippen molar-refractivity contribution in [3.05, 3.63) is 70.9 Å².